The monoisotopic (exact) mass is 214 g/mol. The molecule has 0 unspecified atom stereocenters. The van der Waals surface area contributed by atoms with E-state index in [4.69, 9.17) is 5.73 Å². The highest BCUT2D eigenvalue weighted by molar-refractivity contribution is 7.89. The van der Waals surface area contributed by atoms with E-state index in [1.165, 1.54) is 6.07 Å². The van der Waals surface area contributed by atoms with Crippen molar-refractivity contribution in [1.29, 1.82) is 0 Å². The van der Waals surface area contributed by atoms with Crippen LogP contribution in [-0.4, -0.2) is 15.0 Å². The Morgan fingerprint density at radius 2 is 2.07 bits per heavy atom. The van der Waals surface area contributed by atoms with Crippen molar-refractivity contribution in [2.45, 2.75) is 18.7 Å². The molecular formula is C9H14N2O2S. The van der Waals surface area contributed by atoms with Crippen molar-refractivity contribution in [3.8, 4) is 0 Å². The van der Waals surface area contributed by atoms with Gasteiger partial charge in [-0.15, -0.1) is 0 Å². The standard InChI is InChI=1S/C9H14N2O2S/c1-3-11-14(12,13)8-4-5-9(10)7(2)6-8/h4-6,11H,3,10H2,1-2H3. The first-order valence-electron chi connectivity index (χ1n) is 4.33. The van der Waals surface area contributed by atoms with E-state index in [1.54, 1.807) is 26.0 Å². The van der Waals surface area contributed by atoms with E-state index < -0.39 is 10.0 Å². The first-order valence-corrected chi connectivity index (χ1v) is 5.81. The molecule has 0 amide bonds. The van der Waals surface area contributed by atoms with Crippen LogP contribution in [0.5, 0.6) is 0 Å². The van der Waals surface area contributed by atoms with E-state index in [-0.39, 0.29) is 4.90 Å². The highest BCUT2D eigenvalue weighted by atomic mass is 32.2. The van der Waals surface area contributed by atoms with Crippen molar-refractivity contribution in [1.82, 2.24) is 4.72 Å². The fourth-order valence-corrected chi connectivity index (χ4v) is 2.21. The first-order chi connectivity index (χ1) is 6.47. The number of hydrogen-bond acceptors (Lipinski definition) is 3. The summed E-state index contributed by atoms with van der Waals surface area (Å²) in [4.78, 5) is 0.256. The van der Waals surface area contributed by atoms with Crippen LogP contribution in [-0.2, 0) is 10.0 Å². The fourth-order valence-electron chi connectivity index (χ4n) is 1.09. The molecule has 0 bridgehead atoms. The number of anilines is 1. The molecule has 0 saturated heterocycles. The summed E-state index contributed by atoms with van der Waals surface area (Å²) in [6.07, 6.45) is 0. The lowest BCUT2D eigenvalue weighted by Gasteiger charge is -2.06. The molecule has 0 aliphatic carbocycles. The molecule has 4 nitrogen and oxygen atoms in total. The summed E-state index contributed by atoms with van der Waals surface area (Å²) in [5.41, 5.74) is 6.96. The van der Waals surface area contributed by atoms with Gasteiger partial charge in [0.05, 0.1) is 4.90 Å². The molecule has 3 N–H and O–H groups in total. The van der Waals surface area contributed by atoms with Gasteiger partial charge in [0.15, 0.2) is 0 Å². The van der Waals surface area contributed by atoms with Gasteiger partial charge in [0, 0.05) is 12.2 Å². The number of sulfonamides is 1. The summed E-state index contributed by atoms with van der Waals surface area (Å²) in [6.45, 7) is 3.90. The minimum absolute atomic E-state index is 0.256. The van der Waals surface area contributed by atoms with Crippen LogP contribution in [0.3, 0.4) is 0 Å². The second kappa shape index (κ2) is 3.98. The Morgan fingerprint density at radius 3 is 2.57 bits per heavy atom. The Kier molecular flexibility index (Phi) is 3.13. The number of aryl methyl sites for hydroxylation is 1. The largest absolute Gasteiger partial charge is 0.399 e. The van der Waals surface area contributed by atoms with Gasteiger partial charge in [-0.3, -0.25) is 0 Å². The second-order valence-corrected chi connectivity index (χ2v) is 4.79. The van der Waals surface area contributed by atoms with E-state index in [1.807, 2.05) is 0 Å². The summed E-state index contributed by atoms with van der Waals surface area (Å²) >= 11 is 0. The molecule has 0 fully saturated rings. The molecule has 5 heteroatoms. The molecule has 0 heterocycles. The summed E-state index contributed by atoms with van der Waals surface area (Å²) < 4.78 is 25.5. The van der Waals surface area contributed by atoms with Gasteiger partial charge in [-0.2, -0.15) is 0 Å². The minimum Gasteiger partial charge on any atom is -0.399 e. The predicted molar refractivity (Wildman–Crippen MR) is 56.5 cm³/mol. The van der Waals surface area contributed by atoms with Crippen LogP contribution in [0.15, 0.2) is 23.1 Å². The molecule has 1 aromatic rings. The zero-order chi connectivity index (χ0) is 10.8. The Bertz CT molecular complexity index is 426. The maximum absolute atomic E-state index is 11.5. The zero-order valence-corrected chi connectivity index (χ0v) is 9.06. The number of hydrogen-bond donors (Lipinski definition) is 2. The molecule has 0 aromatic heterocycles. The number of nitrogens with one attached hydrogen (secondary N) is 1. The number of rotatable bonds is 3. The van der Waals surface area contributed by atoms with Crippen molar-refractivity contribution in [2.24, 2.45) is 0 Å². The third-order valence-corrected chi connectivity index (χ3v) is 3.43. The van der Waals surface area contributed by atoms with Crippen molar-refractivity contribution >= 4 is 15.7 Å². The molecule has 0 radical (unpaired) electrons. The molecule has 1 aromatic carbocycles. The number of nitrogens with two attached hydrogens (primary N) is 1. The molecule has 78 valence electrons. The van der Waals surface area contributed by atoms with Gasteiger partial charge in [-0.05, 0) is 30.7 Å². The maximum atomic E-state index is 11.5. The fraction of sp³-hybridized carbons (Fsp3) is 0.333. The predicted octanol–water partition coefficient (Wildman–Crippen LogP) is 0.875. The maximum Gasteiger partial charge on any atom is 0.240 e. The summed E-state index contributed by atoms with van der Waals surface area (Å²) in [7, 11) is -3.36. The first kappa shape index (κ1) is 11.0. The van der Waals surface area contributed by atoms with Gasteiger partial charge in [0.25, 0.3) is 0 Å². The highest BCUT2D eigenvalue weighted by Gasteiger charge is 2.12. The smallest absolute Gasteiger partial charge is 0.240 e. The Balaban J connectivity index is 3.15. The summed E-state index contributed by atoms with van der Waals surface area (Å²) in [6, 6.07) is 4.66. The third kappa shape index (κ3) is 2.24. The third-order valence-electron chi connectivity index (χ3n) is 1.89. The van der Waals surface area contributed by atoms with Crippen LogP contribution in [0.2, 0.25) is 0 Å². The quantitative estimate of drug-likeness (QED) is 0.733. The summed E-state index contributed by atoms with van der Waals surface area (Å²) in [5.74, 6) is 0. The van der Waals surface area contributed by atoms with Crippen LogP contribution in [0.4, 0.5) is 5.69 Å². The molecule has 1 rings (SSSR count). The van der Waals surface area contributed by atoms with Gasteiger partial charge in [0.2, 0.25) is 10.0 Å². The van der Waals surface area contributed by atoms with Crippen molar-refractivity contribution in [3.05, 3.63) is 23.8 Å². The normalized spacial score (nSPS) is 11.6. The van der Waals surface area contributed by atoms with Crippen molar-refractivity contribution in [2.75, 3.05) is 12.3 Å². The number of benzene rings is 1. The lowest BCUT2D eigenvalue weighted by molar-refractivity contribution is 0.584. The van der Waals surface area contributed by atoms with Crippen LogP contribution in [0, 0.1) is 6.92 Å². The molecular weight excluding hydrogens is 200 g/mol. The Labute approximate surface area is 84.2 Å². The SMILES string of the molecule is CCNS(=O)(=O)c1ccc(N)c(C)c1. The van der Waals surface area contributed by atoms with Crippen molar-refractivity contribution in [3.63, 3.8) is 0 Å². The van der Waals surface area contributed by atoms with Crippen LogP contribution >= 0.6 is 0 Å². The van der Waals surface area contributed by atoms with Crippen LogP contribution < -0.4 is 10.5 Å². The van der Waals surface area contributed by atoms with E-state index >= 15 is 0 Å². The topological polar surface area (TPSA) is 72.2 Å². The van der Waals surface area contributed by atoms with E-state index in [0.717, 1.165) is 5.56 Å². The minimum atomic E-state index is -3.36. The molecule has 0 atom stereocenters. The van der Waals surface area contributed by atoms with Gasteiger partial charge >= 0.3 is 0 Å². The number of nitrogen functional groups attached to an aromatic ring is 1. The highest BCUT2D eigenvalue weighted by Crippen LogP contribution is 2.16. The Morgan fingerprint density at radius 1 is 1.43 bits per heavy atom. The Hall–Kier alpha value is -1.07. The summed E-state index contributed by atoms with van der Waals surface area (Å²) in [5, 5.41) is 0. The van der Waals surface area contributed by atoms with E-state index in [0.29, 0.717) is 12.2 Å². The van der Waals surface area contributed by atoms with Gasteiger partial charge in [-0.25, -0.2) is 13.1 Å². The molecule has 0 spiro atoms. The van der Waals surface area contributed by atoms with Gasteiger partial charge in [-0.1, -0.05) is 6.92 Å². The second-order valence-electron chi connectivity index (χ2n) is 3.02. The molecule has 0 aliphatic heterocycles. The lowest BCUT2D eigenvalue weighted by Crippen LogP contribution is -2.23. The van der Waals surface area contributed by atoms with Crippen LogP contribution in [0.25, 0.3) is 0 Å². The molecule has 14 heavy (non-hydrogen) atoms. The van der Waals surface area contributed by atoms with E-state index in [2.05, 4.69) is 4.72 Å². The average molecular weight is 214 g/mol. The van der Waals surface area contributed by atoms with E-state index in [9.17, 15) is 8.42 Å². The zero-order valence-electron chi connectivity index (χ0n) is 8.24. The average Bonchev–Trinajstić information content (AvgIpc) is 2.09. The van der Waals surface area contributed by atoms with Crippen molar-refractivity contribution < 1.29 is 8.42 Å². The van der Waals surface area contributed by atoms with Gasteiger partial charge in [0.1, 0.15) is 0 Å². The molecule has 0 saturated carbocycles. The lowest BCUT2D eigenvalue weighted by atomic mass is 10.2. The van der Waals surface area contributed by atoms with Crippen LogP contribution in [0.1, 0.15) is 12.5 Å². The van der Waals surface area contributed by atoms with Gasteiger partial charge < -0.3 is 5.73 Å². The molecule has 0 aliphatic rings.